The Labute approximate surface area is 444 Å². The van der Waals surface area contributed by atoms with E-state index in [1.165, 1.54) is 18.1 Å². The molecular formula is C53H62FN8O13PS. The van der Waals surface area contributed by atoms with Gasteiger partial charge in [-0.15, -0.1) is 0 Å². The third-order valence-corrected chi connectivity index (χ3v) is 19.4. The topological polar surface area (TPSA) is 260 Å². The van der Waals surface area contributed by atoms with Crippen LogP contribution < -0.4 is 29.3 Å². The Balaban J connectivity index is 0.822. The molecule has 0 radical (unpaired) electrons. The highest BCUT2D eigenvalue weighted by atomic mass is 32.2. The first kappa shape index (κ1) is 51.8. The average Bonchev–Trinajstić information content (AvgIpc) is 3.94. The van der Waals surface area contributed by atoms with Crippen LogP contribution >= 0.6 is 7.82 Å². The third-order valence-electron chi connectivity index (χ3n) is 17.4. The number of nitrogens with one attached hydrogen (secondary N) is 3. The first-order valence-corrected chi connectivity index (χ1v) is 29.3. The number of aryl methyl sites for hydroxylation is 1. The Morgan fingerprint density at radius 3 is 2.48 bits per heavy atom. The SMILES string of the molecule is Cc1ccccc1[C@@H]1COCCN1C1CC2(CCN(c3ccc(C(=O)NS(=O)(=O)c4cc5c(c([N+](=O)[O-])c4)N[C@H](C4(F)CCC(C)(OP(=O)(O)O)CC4)CO5)c(N4c5cc6cc[nH]c6nc5O[C@H]5COCC[C@@H]54)c3)CC2)C1. The maximum atomic E-state index is 16.6. The fourth-order valence-electron chi connectivity index (χ4n) is 13.1. The van der Waals surface area contributed by atoms with E-state index in [1.807, 2.05) is 29.2 Å². The molecule has 0 bridgehead atoms. The quantitative estimate of drug-likeness (QED) is 0.0481. The monoisotopic (exact) mass is 1100 g/mol. The third kappa shape index (κ3) is 9.80. The minimum absolute atomic E-state index is 0.0184. The van der Waals surface area contributed by atoms with Crippen LogP contribution in [0, 0.1) is 22.5 Å². The molecule has 3 saturated heterocycles. The Bertz CT molecular complexity index is 3300. The smallest absolute Gasteiger partial charge is 0.470 e. The number of benzene rings is 3. The van der Waals surface area contributed by atoms with Gasteiger partial charge >= 0.3 is 7.82 Å². The number of phosphoric ester groups is 1. The molecule has 5 aliphatic heterocycles. The molecule has 21 nitrogen and oxygen atoms in total. The molecule has 4 atom stereocenters. The summed E-state index contributed by atoms with van der Waals surface area (Å²) in [6.07, 6.45) is 5.43. The number of rotatable bonds is 11. The first-order chi connectivity index (χ1) is 36.8. The van der Waals surface area contributed by atoms with Gasteiger partial charge in [0, 0.05) is 61.7 Å². The van der Waals surface area contributed by atoms with Gasteiger partial charge in [0.05, 0.1) is 64.6 Å². The van der Waals surface area contributed by atoms with Crippen molar-refractivity contribution >= 4 is 63.2 Å². The summed E-state index contributed by atoms with van der Waals surface area (Å²) in [6.45, 7) is 7.79. The number of carbonyl (C=O) groups excluding carboxylic acids is 1. The molecule has 5 N–H and O–H groups in total. The van der Waals surface area contributed by atoms with Gasteiger partial charge in [0.2, 0.25) is 5.88 Å². The van der Waals surface area contributed by atoms with E-state index in [0.717, 1.165) is 75.1 Å². The van der Waals surface area contributed by atoms with Crippen molar-refractivity contribution < 1.29 is 60.3 Å². The van der Waals surface area contributed by atoms with Crippen LogP contribution in [-0.2, 0) is 28.6 Å². The van der Waals surface area contributed by atoms with Crippen LogP contribution in [0.3, 0.4) is 0 Å². The maximum absolute atomic E-state index is 16.6. The number of aromatic nitrogens is 2. The predicted molar refractivity (Wildman–Crippen MR) is 281 cm³/mol. The summed E-state index contributed by atoms with van der Waals surface area (Å²) < 4.78 is 88.5. The summed E-state index contributed by atoms with van der Waals surface area (Å²) in [5, 5.41) is 16.3. The highest BCUT2D eigenvalue weighted by Crippen LogP contribution is 2.55. The minimum Gasteiger partial charge on any atom is -0.489 e. The molecule has 3 aromatic carbocycles. The number of nitro groups is 1. The zero-order chi connectivity index (χ0) is 53.6. The van der Waals surface area contributed by atoms with Crippen LogP contribution in [0.15, 0.2) is 77.8 Å². The van der Waals surface area contributed by atoms with Gasteiger partial charge < -0.3 is 48.8 Å². The number of phosphoric acid groups is 1. The van der Waals surface area contributed by atoms with Crippen LogP contribution in [0.4, 0.5) is 32.8 Å². The van der Waals surface area contributed by atoms with Gasteiger partial charge in [-0.1, -0.05) is 24.3 Å². The van der Waals surface area contributed by atoms with Gasteiger partial charge in [0.25, 0.3) is 21.6 Å². The van der Waals surface area contributed by atoms with Crippen molar-refractivity contribution in [3.8, 4) is 11.6 Å². The fourth-order valence-corrected chi connectivity index (χ4v) is 14.9. The van der Waals surface area contributed by atoms with E-state index < -0.39 is 62.7 Å². The molecule has 77 heavy (non-hydrogen) atoms. The highest BCUT2D eigenvalue weighted by Gasteiger charge is 2.52. The van der Waals surface area contributed by atoms with Gasteiger partial charge in [0.15, 0.2) is 11.4 Å². The van der Waals surface area contributed by atoms with Crippen molar-refractivity contribution in [2.45, 2.75) is 118 Å². The molecule has 1 spiro atoms. The molecule has 24 heteroatoms. The zero-order valence-corrected chi connectivity index (χ0v) is 44.4. The number of alkyl halides is 1. The van der Waals surface area contributed by atoms with Gasteiger partial charge in [0.1, 0.15) is 29.7 Å². The fraction of sp³-hybridized carbons (Fsp3) is 0.509. The number of nitro benzene ring substituents is 1. The summed E-state index contributed by atoms with van der Waals surface area (Å²) in [5.74, 6) is -0.919. The van der Waals surface area contributed by atoms with Crippen LogP contribution in [-0.4, -0.2) is 132 Å². The lowest BCUT2D eigenvalue weighted by atomic mass is 9.59. The lowest BCUT2D eigenvalue weighted by Gasteiger charge is -2.57. The number of anilines is 4. The summed E-state index contributed by atoms with van der Waals surface area (Å²) in [5.41, 5.74) is 0.952. The number of piperidine rings is 1. The van der Waals surface area contributed by atoms with Gasteiger partial charge in [-0.3, -0.25) is 24.3 Å². The summed E-state index contributed by atoms with van der Waals surface area (Å²) >= 11 is 0. The van der Waals surface area contributed by atoms with Crippen molar-refractivity contribution in [2.24, 2.45) is 5.41 Å². The molecule has 1 amide bonds. The van der Waals surface area contributed by atoms with Crippen LogP contribution in [0.25, 0.3) is 11.0 Å². The molecule has 12 rings (SSSR count). The molecule has 2 aromatic heterocycles. The molecule has 0 unspecified atom stereocenters. The maximum Gasteiger partial charge on any atom is 0.470 e. The number of amides is 1. The zero-order valence-electron chi connectivity index (χ0n) is 42.7. The van der Waals surface area contributed by atoms with Crippen LogP contribution in [0.1, 0.15) is 92.2 Å². The predicted octanol–water partition coefficient (Wildman–Crippen LogP) is 7.73. The average molecular weight is 1100 g/mol. The normalized spacial score (nSPS) is 27.5. The Hall–Kier alpha value is -5.91. The lowest BCUT2D eigenvalue weighted by molar-refractivity contribution is -0.384. The molecular weight excluding hydrogens is 1040 g/mol. The Morgan fingerprint density at radius 2 is 1.73 bits per heavy atom. The first-order valence-electron chi connectivity index (χ1n) is 26.3. The number of hydrogen-bond acceptors (Lipinski definition) is 16. The van der Waals surface area contributed by atoms with Crippen molar-refractivity contribution in [2.75, 3.05) is 67.8 Å². The molecule has 5 aromatic rings. The summed E-state index contributed by atoms with van der Waals surface area (Å²) in [4.78, 5) is 59.8. The highest BCUT2D eigenvalue weighted by molar-refractivity contribution is 7.90. The van der Waals surface area contributed by atoms with Crippen LogP contribution in [0.2, 0.25) is 0 Å². The van der Waals surface area contributed by atoms with E-state index in [-0.39, 0.29) is 73.4 Å². The lowest BCUT2D eigenvalue weighted by Crippen LogP contribution is -2.58. The van der Waals surface area contributed by atoms with E-state index in [1.54, 1.807) is 12.3 Å². The molecule has 410 valence electrons. The number of aromatic amines is 1. The molecule has 5 fully saturated rings. The van der Waals surface area contributed by atoms with Crippen molar-refractivity contribution in [1.29, 1.82) is 0 Å². The molecule has 7 heterocycles. The number of sulfonamides is 1. The van der Waals surface area contributed by atoms with Gasteiger partial charge in [-0.2, -0.15) is 4.98 Å². The van der Waals surface area contributed by atoms with Crippen molar-refractivity contribution in [1.82, 2.24) is 19.6 Å². The largest absolute Gasteiger partial charge is 0.489 e. The van der Waals surface area contributed by atoms with Gasteiger partial charge in [-0.05, 0) is 119 Å². The summed E-state index contributed by atoms with van der Waals surface area (Å²) in [6, 6.07) is 18.8. The van der Waals surface area contributed by atoms with E-state index in [4.69, 9.17) is 28.5 Å². The Kier molecular flexibility index (Phi) is 13.1. The number of pyridine rings is 1. The molecule has 2 aliphatic carbocycles. The van der Waals surface area contributed by atoms with Crippen LogP contribution in [0.5, 0.6) is 11.6 Å². The standard InChI is InChI=1S/C53H62FN8O13PS/c1-32-5-3-4-6-37(32)43-29-72-22-20-60(43)35-27-52(28-35)15-18-59(19-16-52)34-7-8-38(40(24-34)61-39-10-21-71-30-45(39)74-50-42(61)23-33-9-17-55-48(33)57-50)49(63)58-77(69,70)36-25-41(62(64)65)47-44(26-36)73-31-46(56-47)53(54)13-11-51(2,12-14-53)75-76(66,67)68/h3-9,17,23-26,35,39,43,45-46,56H,10-16,18-22,27-31H2,1-2H3,(H,55,57)(H,58,63)(H2,66,67,68)/t39-,43-,45-,46-,51?,53?/m0/s1. The molecule has 2 saturated carbocycles. The second-order valence-corrected chi connectivity index (χ2v) is 25.0. The van der Waals surface area contributed by atoms with E-state index in [9.17, 15) is 37.7 Å². The van der Waals surface area contributed by atoms with E-state index >= 15 is 4.39 Å². The van der Waals surface area contributed by atoms with Gasteiger partial charge in [-0.25, -0.2) is 22.1 Å². The second kappa shape index (κ2) is 19.5. The second-order valence-electron chi connectivity index (χ2n) is 22.2. The number of hydrogen-bond donors (Lipinski definition) is 5. The molecule has 7 aliphatic rings. The van der Waals surface area contributed by atoms with E-state index in [2.05, 4.69) is 56.0 Å². The van der Waals surface area contributed by atoms with Crippen molar-refractivity contribution in [3.63, 3.8) is 0 Å². The van der Waals surface area contributed by atoms with Crippen molar-refractivity contribution in [3.05, 3.63) is 99.7 Å². The Morgan fingerprint density at radius 1 is 0.961 bits per heavy atom. The number of nitrogens with zero attached hydrogens (tertiary/aromatic N) is 5. The number of carbonyl (C=O) groups is 1. The number of H-pyrrole nitrogens is 1. The number of morpholine rings is 1. The summed E-state index contributed by atoms with van der Waals surface area (Å²) in [7, 11) is -9.73. The number of ether oxygens (including phenoxy) is 4. The number of halogens is 1. The minimum atomic E-state index is -4.87. The van der Waals surface area contributed by atoms with E-state index in [0.29, 0.717) is 48.6 Å². The number of fused-ring (bicyclic) bond motifs is 4.